The van der Waals surface area contributed by atoms with Crippen LogP contribution in [0.2, 0.25) is 0 Å². The Morgan fingerprint density at radius 3 is 2.84 bits per heavy atom. The zero-order valence-electron chi connectivity index (χ0n) is 14.6. The lowest BCUT2D eigenvalue weighted by Crippen LogP contribution is -2.44. The van der Waals surface area contributed by atoms with Gasteiger partial charge in [-0.25, -0.2) is 0 Å². The number of pyridine rings is 1. The molecule has 0 aliphatic carbocycles. The van der Waals surface area contributed by atoms with Gasteiger partial charge in [0, 0.05) is 18.3 Å². The van der Waals surface area contributed by atoms with E-state index in [1.54, 1.807) is 6.20 Å². The summed E-state index contributed by atoms with van der Waals surface area (Å²) in [5.74, 6) is 1.14. The van der Waals surface area contributed by atoms with Gasteiger partial charge in [-0.05, 0) is 38.3 Å². The molecule has 1 aliphatic rings. The highest BCUT2D eigenvalue weighted by atomic mass is 16.5. The highest BCUT2D eigenvalue weighted by Crippen LogP contribution is 2.28. The molecule has 3 heterocycles. The van der Waals surface area contributed by atoms with E-state index >= 15 is 0 Å². The maximum atomic E-state index is 5.49. The second-order valence-corrected chi connectivity index (χ2v) is 6.39. The fourth-order valence-electron chi connectivity index (χ4n) is 3.36. The van der Waals surface area contributed by atoms with Crippen LogP contribution in [0.5, 0.6) is 0 Å². The molecule has 0 saturated carbocycles. The molecule has 0 radical (unpaired) electrons. The van der Waals surface area contributed by atoms with Crippen molar-refractivity contribution >= 4 is 0 Å². The first-order chi connectivity index (χ1) is 12.2. The quantitative estimate of drug-likeness (QED) is 0.710. The zero-order chi connectivity index (χ0) is 17.6. The molecule has 1 aliphatic heterocycles. The predicted octanol–water partition coefficient (Wildman–Crippen LogP) is 4.17. The molecule has 5 nitrogen and oxygen atoms in total. The van der Waals surface area contributed by atoms with Crippen LogP contribution in [0.15, 0.2) is 65.9 Å². The molecular formula is C20H24N4O. The van der Waals surface area contributed by atoms with Gasteiger partial charge in [0.1, 0.15) is 5.69 Å². The first-order valence-electron chi connectivity index (χ1n) is 8.60. The number of rotatable bonds is 7. The Morgan fingerprint density at radius 1 is 1.28 bits per heavy atom. The molecule has 130 valence electrons. The minimum absolute atomic E-state index is 0.293. The molecular weight excluding hydrogens is 312 g/mol. The Morgan fingerprint density at radius 2 is 2.12 bits per heavy atom. The first-order valence-corrected chi connectivity index (χ1v) is 8.60. The molecule has 2 aromatic rings. The Hall–Kier alpha value is -2.53. The van der Waals surface area contributed by atoms with E-state index in [9.17, 15) is 0 Å². The van der Waals surface area contributed by atoms with Crippen LogP contribution in [0.3, 0.4) is 0 Å². The summed E-state index contributed by atoms with van der Waals surface area (Å²) in [7, 11) is 0. The molecule has 0 aromatic carbocycles. The second kappa shape index (κ2) is 8.03. The summed E-state index contributed by atoms with van der Waals surface area (Å²) in [5, 5.41) is 4.08. The van der Waals surface area contributed by atoms with E-state index in [2.05, 4.69) is 46.2 Å². The minimum Gasteiger partial charge on any atom is -0.337 e. The third kappa shape index (κ3) is 4.12. The van der Waals surface area contributed by atoms with Crippen LogP contribution < -0.4 is 0 Å². The molecule has 0 amide bonds. The average molecular weight is 336 g/mol. The number of aromatic nitrogens is 3. The SMILES string of the molecule is C=CC[C@@H]1CC(C)=C[C@@H](CC=C)N1Cc1nc(-c2ccccn2)no1. The topological polar surface area (TPSA) is 55.1 Å². The van der Waals surface area contributed by atoms with E-state index in [4.69, 9.17) is 4.52 Å². The van der Waals surface area contributed by atoms with Crippen LogP contribution in [-0.2, 0) is 6.54 Å². The lowest BCUT2D eigenvalue weighted by molar-refractivity contribution is 0.121. The molecule has 5 heteroatoms. The monoisotopic (exact) mass is 336 g/mol. The van der Waals surface area contributed by atoms with Crippen LogP contribution in [0.1, 0.15) is 32.1 Å². The van der Waals surface area contributed by atoms with Gasteiger partial charge in [0.2, 0.25) is 11.7 Å². The van der Waals surface area contributed by atoms with E-state index in [-0.39, 0.29) is 0 Å². The maximum absolute atomic E-state index is 5.49. The number of hydrogen-bond acceptors (Lipinski definition) is 5. The molecule has 0 fully saturated rings. The van der Waals surface area contributed by atoms with Gasteiger partial charge in [-0.15, -0.1) is 13.2 Å². The maximum Gasteiger partial charge on any atom is 0.241 e. The van der Waals surface area contributed by atoms with E-state index in [1.165, 1.54) is 5.57 Å². The summed E-state index contributed by atoms with van der Waals surface area (Å²) >= 11 is 0. The summed E-state index contributed by atoms with van der Waals surface area (Å²) in [6.45, 7) is 10.6. The van der Waals surface area contributed by atoms with Gasteiger partial charge in [-0.1, -0.05) is 35.0 Å². The Labute approximate surface area is 148 Å². The second-order valence-electron chi connectivity index (χ2n) is 6.39. The number of hydrogen-bond donors (Lipinski definition) is 0. The summed E-state index contributed by atoms with van der Waals surface area (Å²) in [6.07, 6.45) is 10.8. The van der Waals surface area contributed by atoms with Crippen molar-refractivity contribution < 1.29 is 4.52 Å². The van der Waals surface area contributed by atoms with Crippen LogP contribution in [0.4, 0.5) is 0 Å². The Kier molecular flexibility index (Phi) is 5.56. The van der Waals surface area contributed by atoms with Gasteiger partial charge in [-0.2, -0.15) is 4.98 Å². The van der Waals surface area contributed by atoms with Crippen molar-refractivity contribution in [1.82, 2.24) is 20.0 Å². The normalized spacial score (nSPS) is 20.9. The van der Waals surface area contributed by atoms with E-state index in [0.717, 1.165) is 25.0 Å². The van der Waals surface area contributed by atoms with E-state index in [0.29, 0.717) is 30.3 Å². The molecule has 2 aromatic heterocycles. The lowest BCUT2D eigenvalue weighted by Gasteiger charge is -2.39. The van der Waals surface area contributed by atoms with Crippen LogP contribution in [0, 0.1) is 0 Å². The summed E-state index contributed by atoms with van der Waals surface area (Å²) in [6, 6.07) is 6.34. The van der Waals surface area contributed by atoms with Crippen molar-refractivity contribution in [2.24, 2.45) is 0 Å². The minimum atomic E-state index is 0.293. The van der Waals surface area contributed by atoms with Crippen molar-refractivity contribution in [2.45, 2.75) is 44.8 Å². The zero-order valence-corrected chi connectivity index (χ0v) is 14.6. The van der Waals surface area contributed by atoms with Gasteiger partial charge in [-0.3, -0.25) is 9.88 Å². The standard InChI is InChI=1S/C20H24N4O/c1-4-8-16-12-15(3)13-17(9-5-2)24(16)14-19-22-20(23-25-19)18-10-6-7-11-21-18/h4-7,10-12,16-17H,1-2,8-9,13-14H2,3H3/t16-,17-/m1/s1. The lowest BCUT2D eigenvalue weighted by atomic mass is 9.92. The van der Waals surface area contributed by atoms with Gasteiger partial charge in [0.25, 0.3) is 0 Å². The molecule has 3 rings (SSSR count). The predicted molar refractivity (Wildman–Crippen MR) is 98.7 cm³/mol. The number of nitrogens with zero attached hydrogens (tertiary/aromatic N) is 4. The van der Waals surface area contributed by atoms with Crippen molar-refractivity contribution in [3.05, 3.63) is 67.2 Å². The summed E-state index contributed by atoms with van der Waals surface area (Å²) in [4.78, 5) is 11.2. The average Bonchev–Trinajstić information content (AvgIpc) is 3.08. The summed E-state index contributed by atoms with van der Waals surface area (Å²) < 4.78 is 5.49. The molecule has 25 heavy (non-hydrogen) atoms. The van der Waals surface area contributed by atoms with Crippen LogP contribution in [0.25, 0.3) is 11.5 Å². The van der Waals surface area contributed by atoms with Crippen molar-refractivity contribution in [1.29, 1.82) is 0 Å². The van der Waals surface area contributed by atoms with E-state index < -0.39 is 0 Å². The highest BCUT2D eigenvalue weighted by molar-refractivity contribution is 5.47. The third-order valence-corrected chi connectivity index (χ3v) is 4.46. The summed E-state index contributed by atoms with van der Waals surface area (Å²) in [5.41, 5.74) is 2.13. The smallest absolute Gasteiger partial charge is 0.241 e. The molecule has 0 unspecified atom stereocenters. The molecule has 0 saturated heterocycles. The molecule has 2 atom stereocenters. The first kappa shape index (κ1) is 17.3. The van der Waals surface area contributed by atoms with Crippen LogP contribution >= 0.6 is 0 Å². The van der Waals surface area contributed by atoms with Gasteiger partial charge in [0.05, 0.1) is 6.54 Å². The Balaban J connectivity index is 1.82. The molecule has 0 spiro atoms. The van der Waals surface area contributed by atoms with Crippen LogP contribution in [-0.4, -0.2) is 32.1 Å². The fraction of sp³-hybridized carbons (Fsp3) is 0.350. The highest BCUT2D eigenvalue weighted by Gasteiger charge is 2.29. The van der Waals surface area contributed by atoms with Gasteiger partial charge >= 0.3 is 0 Å². The molecule has 0 bridgehead atoms. The van der Waals surface area contributed by atoms with Crippen molar-refractivity contribution in [3.63, 3.8) is 0 Å². The fourth-order valence-corrected chi connectivity index (χ4v) is 3.36. The largest absolute Gasteiger partial charge is 0.337 e. The molecule has 0 N–H and O–H groups in total. The van der Waals surface area contributed by atoms with E-state index in [1.807, 2.05) is 30.4 Å². The van der Waals surface area contributed by atoms with Crippen molar-refractivity contribution in [3.8, 4) is 11.5 Å². The van der Waals surface area contributed by atoms with Gasteiger partial charge < -0.3 is 4.52 Å². The third-order valence-electron chi connectivity index (χ3n) is 4.46. The van der Waals surface area contributed by atoms with Crippen molar-refractivity contribution in [2.75, 3.05) is 0 Å². The van der Waals surface area contributed by atoms with Gasteiger partial charge in [0.15, 0.2) is 0 Å². The Bertz CT molecular complexity index is 750.